The first-order chi connectivity index (χ1) is 16.0. The number of nitrogens with one attached hydrogen (secondary N) is 3. The van der Waals surface area contributed by atoms with Gasteiger partial charge < -0.3 is 21.1 Å². The molecule has 1 amide bonds. The summed E-state index contributed by atoms with van der Waals surface area (Å²) in [5.41, 5.74) is 0.366. The van der Waals surface area contributed by atoms with Crippen LogP contribution in [0.1, 0.15) is 43.5 Å². The summed E-state index contributed by atoms with van der Waals surface area (Å²) in [6.45, 7) is 2.20. The number of rotatable bonds is 8. The normalized spacial score (nSPS) is 18.6. The Bertz CT molecular complexity index is 1180. The maximum absolute atomic E-state index is 14.1. The lowest BCUT2D eigenvalue weighted by atomic mass is 10.0. The SMILES string of the molecule is CC(C)(O)[C@H](F)CNC(=O)c1cnc(Nc2ccn3nccc3c2)cc1NC1CCC(F)(F)C1. The third-order valence-electron chi connectivity index (χ3n) is 5.79. The number of carbonyl (C=O) groups is 1. The van der Waals surface area contributed by atoms with Gasteiger partial charge in [0.2, 0.25) is 5.92 Å². The second-order valence-corrected chi connectivity index (χ2v) is 9.13. The Morgan fingerprint density at radius 2 is 2.15 bits per heavy atom. The molecule has 1 unspecified atom stereocenters. The molecular formula is C23H27F3N6O2. The van der Waals surface area contributed by atoms with Gasteiger partial charge in [-0.05, 0) is 38.5 Å². The summed E-state index contributed by atoms with van der Waals surface area (Å²) < 4.78 is 43.3. The maximum atomic E-state index is 14.1. The fourth-order valence-corrected chi connectivity index (χ4v) is 3.79. The average Bonchev–Trinajstić information content (AvgIpc) is 3.36. The van der Waals surface area contributed by atoms with Gasteiger partial charge in [0.25, 0.3) is 5.91 Å². The molecule has 1 aliphatic carbocycles. The van der Waals surface area contributed by atoms with E-state index in [0.717, 1.165) is 11.2 Å². The van der Waals surface area contributed by atoms with Crippen molar-refractivity contribution in [2.75, 3.05) is 17.2 Å². The molecule has 34 heavy (non-hydrogen) atoms. The molecule has 0 bridgehead atoms. The molecule has 2 atom stereocenters. The highest BCUT2D eigenvalue weighted by molar-refractivity contribution is 6.00. The van der Waals surface area contributed by atoms with Crippen LogP contribution in [0.4, 0.5) is 30.4 Å². The maximum Gasteiger partial charge on any atom is 0.255 e. The lowest BCUT2D eigenvalue weighted by Gasteiger charge is -2.23. The zero-order valence-electron chi connectivity index (χ0n) is 18.9. The van der Waals surface area contributed by atoms with E-state index in [0.29, 0.717) is 11.5 Å². The van der Waals surface area contributed by atoms with Crippen LogP contribution in [-0.4, -0.2) is 55.9 Å². The average molecular weight is 477 g/mol. The van der Waals surface area contributed by atoms with E-state index < -0.39 is 36.2 Å². The van der Waals surface area contributed by atoms with E-state index in [4.69, 9.17) is 0 Å². The van der Waals surface area contributed by atoms with Crippen molar-refractivity contribution < 1.29 is 23.1 Å². The van der Waals surface area contributed by atoms with Crippen molar-refractivity contribution in [2.24, 2.45) is 0 Å². The Morgan fingerprint density at radius 1 is 1.35 bits per heavy atom. The molecule has 0 radical (unpaired) electrons. The Kier molecular flexibility index (Phi) is 6.39. The Hall–Kier alpha value is -3.34. The minimum absolute atomic E-state index is 0.0926. The second-order valence-electron chi connectivity index (χ2n) is 9.13. The number of pyridine rings is 2. The molecule has 3 aromatic rings. The van der Waals surface area contributed by atoms with Crippen LogP contribution < -0.4 is 16.0 Å². The highest BCUT2D eigenvalue weighted by Gasteiger charge is 2.39. The molecule has 3 heterocycles. The van der Waals surface area contributed by atoms with Gasteiger partial charge in [0.15, 0.2) is 0 Å². The molecular weight excluding hydrogens is 449 g/mol. The third kappa shape index (κ3) is 5.58. The standard InChI is InChI=1S/C23H27F3N6O2/c1-22(2,34)19(24)13-28-21(33)17-12-27-20(10-18(17)30-15-3-6-23(25,26)11-15)31-14-5-8-32-16(9-14)4-7-29-32/h4-5,7-10,12,15,19,34H,3,6,11,13H2,1-2H3,(H,28,33)(H2,27,30,31)/t15?,19-/m1/s1. The first kappa shape index (κ1) is 23.8. The summed E-state index contributed by atoms with van der Waals surface area (Å²) in [4.78, 5) is 17.0. The molecule has 0 saturated heterocycles. The van der Waals surface area contributed by atoms with Gasteiger partial charge in [-0.25, -0.2) is 22.7 Å². The smallest absolute Gasteiger partial charge is 0.255 e. The highest BCUT2D eigenvalue weighted by atomic mass is 19.3. The van der Waals surface area contributed by atoms with E-state index in [-0.39, 0.29) is 24.8 Å². The first-order valence-corrected chi connectivity index (χ1v) is 11.0. The minimum Gasteiger partial charge on any atom is -0.387 e. The molecule has 0 spiro atoms. The number of anilines is 3. The summed E-state index contributed by atoms with van der Waals surface area (Å²) in [7, 11) is 0. The van der Waals surface area contributed by atoms with Crippen molar-refractivity contribution in [3.05, 3.63) is 48.4 Å². The number of nitrogens with zero attached hydrogens (tertiary/aromatic N) is 3. The topological polar surface area (TPSA) is 104 Å². The number of alkyl halides is 3. The predicted molar refractivity (Wildman–Crippen MR) is 122 cm³/mol. The molecule has 1 aliphatic rings. The van der Waals surface area contributed by atoms with Gasteiger partial charge in [-0.2, -0.15) is 5.10 Å². The predicted octanol–water partition coefficient (Wildman–Crippen LogP) is 3.91. The number of carbonyl (C=O) groups excluding carboxylic acids is 1. The Morgan fingerprint density at radius 3 is 2.85 bits per heavy atom. The van der Waals surface area contributed by atoms with Crippen molar-refractivity contribution in [3.8, 4) is 0 Å². The summed E-state index contributed by atoms with van der Waals surface area (Å²) in [5, 5.41) is 22.5. The number of hydrogen-bond donors (Lipinski definition) is 4. The van der Waals surface area contributed by atoms with Crippen LogP contribution in [-0.2, 0) is 0 Å². The van der Waals surface area contributed by atoms with Crippen molar-refractivity contribution in [3.63, 3.8) is 0 Å². The summed E-state index contributed by atoms with van der Waals surface area (Å²) >= 11 is 0. The number of hydrogen-bond acceptors (Lipinski definition) is 6. The Labute approximate surface area is 194 Å². The third-order valence-corrected chi connectivity index (χ3v) is 5.79. The Balaban J connectivity index is 1.56. The molecule has 1 saturated carbocycles. The fraction of sp³-hybridized carbons (Fsp3) is 0.435. The van der Waals surface area contributed by atoms with Crippen molar-refractivity contribution in [1.82, 2.24) is 19.9 Å². The molecule has 11 heteroatoms. The molecule has 182 valence electrons. The van der Waals surface area contributed by atoms with E-state index >= 15 is 0 Å². The lowest BCUT2D eigenvalue weighted by Crippen LogP contribution is -2.42. The number of amides is 1. The number of fused-ring (bicyclic) bond motifs is 1. The van der Waals surface area contributed by atoms with E-state index in [2.05, 4.69) is 26.0 Å². The van der Waals surface area contributed by atoms with Crippen LogP contribution in [0, 0.1) is 0 Å². The molecule has 4 rings (SSSR count). The van der Waals surface area contributed by atoms with Gasteiger partial charge in [-0.15, -0.1) is 0 Å². The van der Waals surface area contributed by atoms with Crippen LogP contribution in [0.15, 0.2) is 42.9 Å². The highest BCUT2D eigenvalue weighted by Crippen LogP contribution is 2.37. The fourth-order valence-electron chi connectivity index (χ4n) is 3.79. The van der Waals surface area contributed by atoms with Crippen LogP contribution >= 0.6 is 0 Å². The number of aliphatic hydroxyl groups is 1. The van der Waals surface area contributed by atoms with Crippen molar-refractivity contribution in [2.45, 2.75) is 56.8 Å². The van der Waals surface area contributed by atoms with Crippen LogP contribution in [0.2, 0.25) is 0 Å². The van der Waals surface area contributed by atoms with Gasteiger partial charge >= 0.3 is 0 Å². The summed E-state index contributed by atoms with van der Waals surface area (Å²) in [6, 6.07) is 6.54. The number of halogens is 3. The van der Waals surface area contributed by atoms with Crippen LogP contribution in [0.25, 0.3) is 5.52 Å². The molecule has 3 aromatic heterocycles. The quantitative estimate of drug-likeness (QED) is 0.393. The zero-order chi connectivity index (χ0) is 24.5. The minimum atomic E-state index is -2.76. The van der Waals surface area contributed by atoms with Gasteiger partial charge in [0, 0.05) is 49.2 Å². The van der Waals surface area contributed by atoms with E-state index in [9.17, 15) is 23.1 Å². The van der Waals surface area contributed by atoms with Gasteiger partial charge in [-0.1, -0.05) is 0 Å². The molecule has 1 fully saturated rings. The first-order valence-electron chi connectivity index (χ1n) is 11.0. The monoisotopic (exact) mass is 476 g/mol. The van der Waals surface area contributed by atoms with Gasteiger partial charge in [0.05, 0.1) is 28.9 Å². The van der Waals surface area contributed by atoms with E-state index in [1.165, 1.54) is 20.0 Å². The molecule has 4 N–H and O–H groups in total. The number of aromatic nitrogens is 3. The second kappa shape index (κ2) is 9.13. The van der Waals surface area contributed by atoms with Crippen LogP contribution in [0.3, 0.4) is 0 Å². The van der Waals surface area contributed by atoms with Crippen molar-refractivity contribution >= 4 is 28.6 Å². The summed E-state index contributed by atoms with van der Waals surface area (Å²) in [5.74, 6) is -2.99. The van der Waals surface area contributed by atoms with Crippen LogP contribution in [0.5, 0.6) is 0 Å². The molecule has 0 aromatic carbocycles. The van der Waals surface area contributed by atoms with Gasteiger partial charge in [-0.3, -0.25) is 4.79 Å². The van der Waals surface area contributed by atoms with E-state index in [1.807, 2.05) is 12.1 Å². The van der Waals surface area contributed by atoms with Gasteiger partial charge in [0.1, 0.15) is 12.0 Å². The molecule has 0 aliphatic heterocycles. The zero-order valence-corrected chi connectivity index (χ0v) is 18.9. The lowest BCUT2D eigenvalue weighted by molar-refractivity contribution is -0.00179. The molecule has 8 nitrogen and oxygen atoms in total. The van der Waals surface area contributed by atoms with Crippen molar-refractivity contribution in [1.29, 1.82) is 0 Å². The van der Waals surface area contributed by atoms with E-state index in [1.54, 1.807) is 29.0 Å². The summed E-state index contributed by atoms with van der Waals surface area (Å²) in [6.07, 6.45) is 2.74. The largest absolute Gasteiger partial charge is 0.387 e.